The zero-order chi connectivity index (χ0) is 26.6. The SMILES string of the molecule is Cc1cn(COCC[Si](C)(C)C)nc1-c1cccnc1COC1CC=C(OS(=O)(=O)C(F)(F)F)CC1. The summed E-state index contributed by atoms with van der Waals surface area (Å²) in [6.45, 7) is 10.1. The summed E-state index contributed by atoms with van der Waals surface area (Å²) in [5.74, 6) is -0.223. The number of rotatable bonds is 11. The highest BCUT2D eigenvalue weighted by Gasteiger charge is 2.49. The summed E-state index contributed by atoms with van der Waals surface area (Å²) in [5.41, 5.74) is -2.22. The van der Waals surface area contributed by atoms with Crippen molar-refractivity contribution >= 4 is 18.2 Å². The van der Waals surface area contributed by atoms with Crippen LogP contribution in [0.1, 0.15) is 30.5 Å². The number of alkyl halides is 3. The zero-order valence-electron chi connectivity index (χ0n) is 20.8. The van der Waals surface area contributed by atoms with Gasteiger partial charge in [0.15, 0.2) is 0 Å². The summed E-state index contributed by atoms with van der Waals surface area (Å²) in [4.78, 5) is 4.44. The van der Waals surface area contributed by atoms with Gasteiger partial charge in [0.1, 0.15) is 12.5 Å². The smallest absolute Gasteiger partial charge is 0.381 e. The van der Waals surface area contributed by atoms with Gasteiger partial charge in [0, 0.05) is 39.1 Å². The maximum Gasteiger partial charge on any atom is 0.534 e. The lowest BCUT2D eigenvalue weighted by atomic mass is 10.0. The first-order chi connectivity index (χ1) is 16.7. The Kier molecular flexibility index (Phi) is 9.01. The molecule has 3 rings (SSSR count). The van der Waals surface area contributed by atoms with Gasteiger partial charge in [-0.15, -0.1) is 0 Å². The summed E-state index contributed by atoms with van der Waals surface area (Å²) >= 11 is 0. The van der Waals surface area contributed by atoms with Crippen molar-refractivity contribution in [2.45, 2.75) is 76.8 Å². The summed E-state index contributed by atoms with van der Waals surface area (Å²) < 4.78 is 77.6. The number of hydrogen-bond acceptors (Lipinski definition) is 7. The van der Waals surface area contributed by atoms with E-state index in [9.17, 15) is 21.6 Å². The molecule has 13 heteroatoms. The lowest BCUT2D eigenvalue weighted by Gasteiger charge is -2.22. The highest BCUT2D eigenvalue weighted by molar-refractivity contribution is 7.87. The van der Waals surface area contributed by atoms with E-state index in [-0.39, 0.29) is 31.3 Å². The minimum atomic E-state index is -5.66. The normalized spacial score (nSPS) is 17.2. The fourth-order valence-electron chi connectivity index (χ4n) is 3.56. The van der Waals surface area contributed by atoms with Crippen LogP contribution in [0, 0.1) is 6.92 Å². The molecule has 0 N–H and O–H groups in total. The van der Waals surface area contributed by atoms with Crippen LogP contribution in [0.5, 0.6) is 0 Å². The van der Waals surface area contributed by atoms with Crippen LogP contribution >= 0.6 is 0 Å². The van der Waals surface area contributed by atoms with Crippen LogP contribution in [0.25, 0.3) is 11.3 Å². The molecule has 1 unspecified atom stereocenters. The second-order valence-corrected chi connectivity index (χ2v) is 17.1. The molecule has 0 aliphatic heterocycles. The van der Waals surface area contributed by atoms with Crippen molar-refractivity contribution in [3.8, 4) is 11.3 Å². The van der Waals surface area contributed by atoms with Crippen molar-refractivity contribution in [3.05, 3.63) is 47.6 Å². The van der Waals surface area contributed by atoms with Crippen molar-refractivity contribution in [1.29, 1.82) is 0 Å². The molecule has 0 radical (unpaired) electrons. The van der Waals surface area contributed by atoms with E-state index < -0.39 is 23.7 Å². The van der Waals surface area contributed by atoms with Crippen molar-refractivity contribution in [1.82, 2.24) is 14.8 Å². The third-order valence-corrected chi connectivity index (χ3v) is 8.29. The van der Waals surface area contributed by atoms with Gasteiger partial charge in [-0.05, 0) is 49.6 Å². The van der Waals surface area contributed by atoms with E-state index in [1.165, 1.54) is 6.08 Å². The molecule has 200 valence electrons. The molecule has 1 atom stereocenters. The number of pyridine rings is 1. The van der Waals surface area contributed by atoms with Gasteiger partial charge in [-0.2, -0.15) is 26.7 Å². The van der Waals surface area contributed by atoms with Crippen molar-refractivity contribution in [2.24, 2.45) is 0 Å². The molecule has 2 heterocycles. The fourth-order valence-corrected chi connectivity index (χ4v) is 4.84. The summed E-state index contributed by atoms with van der Waals surface area (Å²) in [6, 6.07) is 4.80. The molecular weight excluding hydrogens is 515 g/mol. The first kappa shape index (κ1) is 28.3. The Morgan fingerprint density at radius 3 is 2.64 bits per heavy atom. The monoisotopic (exact) mass is 547 g/mol. The van der Waals surface area contributed by atoms with Gasteiger partial charge in [0.2, 0.25) is 0 Å². The van der Waals surface area contributed by atoms with E-state index in [0.29, 0.717) is 25.5 Å². The number of halogens is 3. The van der Waals surface area contributed by atoms with Crippen molar-refractivity contribution in [2.75, 3.05) is 6.61 Å². The first-order valence-corrected chi connectivity index (χ1v) is 16.7. The second-order valence-electron chi connectivity index (χ2n) is 9.91. The number of allylic oxidation sites excluding steroid dienone is 1. The summed E-state index contributed by atoms with van der Waals surface area (Å²) in [6.07, 6.45) is 5.17. The number of hydrogen-bond donors (Lipinski definition) is 0. The highest BCUT2D eigenvalue weighted by Crippen LogP contribution is 2.31. The molecule has 8 nitrogen and oxygen atoms in total. The van der Waals surface area contributed by atoms with Crippen LogP contribution < -0.4 is 0 Å². The molecule has 36 heavy (non-hydrogen) atoms. The van der Waals surface area contributed by atoms with Gasteiger partial charge in [0.25, 0.3) is 0 Å². The maximum absolute atomic E-state index is 12.5. The molecule has 1 aliphatic rings. The second kappa shape index (κ2) is 11.4. The van der Waals surface area contributed by atoms with E-state index >= 15 is 0 Å². The number of ether oxygens (including phenoxy) is 2. The van der Waals surface area contributed by atoms with Gasteiger partial charge >= 0.3 is 15.6 Å². The summed E-state index contributed by atoms with van der Waals surface area (Å²) in [7, 11) is -6.82. The van der Waals surface area contributed by atoms with Gasteiger partial charge < -0.3 is 13.7 Å². The Labute approximate surface area is 210 Å². The molecule has 0 fully saturated rings. The van der Waals surface area contributed by atoms with E-state index in [1.807, 2.05) is 25.3 Å². The Hall–Kier alpha value is -2.22. The minimum Gasteiger partial charge on any atom is -0.381 e. The maximum atomic E-state index is 12.5. The van der Waals surface area contributed by atoms with Gasteiger partial charge in [-0.25, -0.2) is 4.68 Å². The van der Waals surface area contributed by atoms with Gasteiger partial charge in [-0.1, -0.05) is 19.6 Å². The van der Waals surface area contributed by atoms with Crippen LogP contribution in [0.2, 0.25) is 25.7 Å². The van der Waals surface area contributed by atoms with E-state index in [1.54, 1.807) is 10.9 Å². The Balaban J connectivity index is 1.59. The molecule has 1 aliphatic carbocycles. The van der Waals surface area contributed by atoms with Gasteiger partial charge in [-0.3, -0.25) is 4.98 Å². The van der Waals surface area contributed by atoms with Crippen LogP contribution in [0.15, 0.2) is 36.4 Å². The van der Waals surface area contributed by atoms with Crippen molar-refractivity contribution in [3.63, 3.8) is 0 Å². The molecule has 2 aromatic rings. The van der Waals surface area contributed by atoms with Crippen LogP contribution in [0.4, 0.5) is 13.2 Å². The Bertz CT molecular complexity index is 1180. The zero-order valence-corrected chi connectivity index (χ0v) is 22.7. The number of aryl methyl sites for hydroxylation is 1. The van der Waals surface area contributed by atoms with Crippen molar-refractivity contribution < 1.29 is 35.2 Å². The highest BCUT2D eigenvalue weighted by atomic mass is 32.2. The van der Waals surface area contributed by atoms with E-state index in [2.05, 4.69) is 33.9 Å². The predicted octanol–water partition coefficient (Wildman–Crippen LogP) is 5.39. The molecular formula is C23H32F3N3O5SSi. The average molecular weight is 548 g/mol. The quantitative estimate of drug-likeness (QED) is 0.161. The van der Waals surface area contributed by atoms with Crippen LogP contribution in [-0.4, -0.2) is 49.5 Å². The molecule has 2 aromatic heterocycles. The third kappa shape index (κ3) is 7.89. The van der Waals surface area contributed by atoms with E-state index in [0.717, 1.165) is 22.9 Å². The Morgan fingerprint density at radius 2 is 2.00 bits per heavy atom. The average Bonchev–Trinajstić information content (AvgIpc) is 3.15. The lowest BCUT2D eigenvalue weighted by Crippen LogP contribution is -2.26. The molecule has 0 spiro atoms. The molecule has 0 bridgehead atoms. The molecule has 0 saturated carbocycles. The third-order valence-electron chi connectivity index (χ3n) is 5.59. The Morgan fingerprint density at radius 1 is 1.25 bits per heavy atom. The van der Waals surface area contributed by atoms with Crippen LogP contribution in [0.3, 0.4) is 0 Å². The molecule has 0 aromatic carbocycles. The van der Waals surface area contributed by atoms with E-state index in [4.69, 9.17) is 9.47 Å². The minimum absolute atomic E-state index is 0.0241. The largest absolute Gasteiger partial charge is 0.534 e. The summed E-state index contributed by atoms with van der Waals surface area (Å²) in [5, 5.41) is 4.67. The molecule has 0 saturated heterocycles. The number of aromatic nitrogens is 3. The predicted molar refractivity (Wildman–Crippen MR) is 131 cm³/mol. The van der Waals surface area contributed by atoms with Crippen LogP contribution in [-0.2, 0) is 37.1 Å². The number of nitrogens with zero attached hydrogens (tertiary/aromatic N) is 3. The molecule has 0 amide bonds. The first-order valence-electron chi connectivity index (χ1n) is 11.6. The lowest BCUT2D eigenvalue weighted by molar-refractivity contribution is -0.0527. The topological polar surface area (TPSA) is 92.5 Å². The standard InChI is InChI=1S/C23H32F3N3O5SSi/c1-17-14-29(16-32-12-13-36(2,3)4)28-22(17)20-6-5-11-27-21(20)15-33-18-7-9-19(10-8-18)34-35(30,31)23(24,25)26/h5-6,9,11,14,18H,7-8,10,12-13,15-16H2,1-4H3. The van der Waals surface area contributed by atoms with Gasteiger partial charge in [0.05, 0.1) is 24.1 Å². The fraction of sp³-hybridized carbons (Fsp3) is 0.565.